The van der Waals surface area contributed by atoms with Crippen molar-refractivity contribution in [1.82, 2.24) is 0 Å². The second-order valence-electron chi connectivity index (χ2n) is 7.94. The molecule has 2 atom stereocenters. The molecule has 0 saturated carbocycles. The molecule has 0 amide bonds. The first-order valence-electron chi connectivity index (χ1n) is 10.3. The summed E-state index contributed by atoms with van der Waals surface area (Å²) in [6.45, 7) is 0. The average molecular weight is 477 g/mol. The minimum absolute atomic E-state index is 0.0843. The summed E-state index contributed by atoms with van der Waals surface area (Å²) in [4.78, 5) is 13.3. The smallest absolute Gasteiger partial charge is 0.242 e. The van der Waals surface area contributed by atoms with Crippen molar-refractivity contribution < 1.29 is 26.7 Å². The molecule has 7 heteroatoms. The largest absolute Gasteiger partial charge is 0.289 e. The number of ketones is 1. The minimum atomic E-state index is -2.60. The van der Waals surface area contributed by atoms with Crippen molar-refractivity contribution in [3.63, 3.8) is 0 Å². The van der Waals surface area contributed by atoms with E-state index in [4.69, 9.17) is 11.6 Å². The average Bonchev–Trinajstić information content (AvgIpc) is 3.18. The number of alkyl halides is 2. The molecule has 0 radical (unpaired) electrons. The molecule has 3 aromatic carbocycles. The monoisotopic (exact) mass is 476 g/mol. The number of carbonyl (C=O) groups is 1. The fraction of sp³-hybridized carbons (Fsp3) is 0.192. The molecule has 0 N–H and O–H groups in total. The zero-order valence-corrected chi connectivity index (χ0v) is 17.9. The molecule has 0 heterocycles. The Morgan fingerprint density at radius 2 is 1.61 bits per heavy atom. The van der Waals surface area contributed by atoms with E-state index in [2.05, 4.69) is 0 Å². The van der Waals surface area contributed by atoms with E-state index in [1.807, 2.05) is 0 Å². The molecule has 2 unspecified atom stereocenters. The van der Waals surface area contributed by atoms with Crippen LogP contribution in [0.15, 0.2) is 72.3 Å². The lowest BCUT2D eigenvalue weighted by molar-refractivity contribution is 0.102. The lowest BCUT2D eigenvalue weighted by atomic mass is 9.83. The lowest BCUT2D eigenvalue weighted by Gasteiger charge is -2.20. The molecule has 0 aliphatic heterocycles. The van der Waals surface area contributed by atoms with Crippen molar-refractivity contribution in [2.75, 3.05) is 0 Å². The molecule has 33 heavy (non-hydrogen) atoms. The van der Waals surface area contributed by atoms with E-state index < -0.39 is 47.6 Å². The summed E-state index contributed by atoms with van der Waals surface area (Å²) < 4.78 is 68.6. The fourth-order valence-electron chi connectivity index (χ4n) is 4.38. The quantitative estimate of drug-likeness (QED) is 0.264. The van der Waals surface area contributed by atoms with Crippen molar-refractivity contribution in [2.24, 2.45) is 0 Å². The fourth-order valence-corrected chi connectivity index (χ4v) is 4.51. The van der Waals surface area contributed by atoms with Crippen LogP contribution in [0.1, 0.15) is 45.3 Å². The second kappa shape index (κ2) is 9.48. The molecule has 0 saturated heterocycles. The molecule has 3 aromatic rings. The maximum Gasteiger partial charge on any atom is 0.242 e. The predicted octanol–water partition coefficient (Wildman–Crippen LogP) is 7.65. The van der Waals surface area contributed by atoms with Gasteiger partial charge in [0.1, 0.15) is 17.5 Å². The van der Waals surface area contributed by atoms with Gasteiger partial charge in [-0.25, -0.2) is 22.0 Å². The zero-order valence-electron chi connectivity index (χ0n) is 17.2. The molecule has 0 fully saturated rings. The molecule has 1 aliphatic carbocycles. The van der Waals surface area contributed by atoms with E-state index in [9.17, 15) is 26.7 Å². The van der Waals surface area contributed by atoms with Crippen molar-refractivity contribution >= 4 is 17.4 Å². The van der Waals surface area contributed by atoms with Crippen LogP contribution in [0.5, 0.6) is 0 Å². The van der Waals surface area contributed by atoms with Gasteiger partial charge in [0.2, 0.25) is 6.43 Å². The van der Waals surface area contributed by atoms with Crippen molar-refractivity contribution in [3.8, 4) is 0 Å². The molecule has 0 spiro atoms. The predicted molar refractivity (Wildman–Crippen MR) is 116 cm³/mol. The molecular formula is C26H18ClF5O. The summed E-state index contributed by atoms with van der Waals surface area (Å²) >= 11 is 5.96. The van der Waals surface area contributed by atoms with Gasteiger partial charge in [0, 0.05) is 41.0 Å². The Morgan fingerprint density at radius 1 is 0.970 bits per heavy atom. The summed E-state index contributed by atoms with van der Waals surface area (Å²) in [5, 5.41) is 0.520. The first-order chi connectivity index (χ1) is 15.7. The minimum Gasteiger partial charge on any atom is -0.289 e. The highest BCUT2D eigenvalue weighted by Gasteiger charge is 2.36. The molecule has 0 aromatic heterocycles. The van der Waals surface area contributed by atoms with Gasteiger partial charge in [0.25, 0.3) is 0 Å². The summed E-state index contributed by atoms with van der Waals surface area (Å²) in [6, 6.07) is 14.3. The standard InChI is InChI=1S/C26H18ClF5O/c27-17-7-5-14(6-8-17)16-9-20(19-4-2-1-3-15(19)11-24(31)32)21(10-16)26(33)25-22(29)12-18(28)13-23(25)30/h1-8,10,12-13,16,20,24H,9,11H2. The highest BCUT2D eigenvalue weighted by molar-refractivity contribution is 6.30. The zero-order chi connectivity index (χ0) is 23.7. The normalized spacial score (nSPS) is 18.0. The van der Waals surface area contributed by atoms with Gasteiger partial charge < -0.3 is 0 Å². The maximum absolute atomic E-state index is 14.4. The number of hydrogen-bond donors (Lipinski definition) is 0. The van der Waals surface area contributed by atoms with Crippen LogP contribution in [0, 0.1) is 17.5 Å². The van der Waals surface area contributed by atoms with Gasteiger partial charge in [-0.15, -0.1) is 0 Å². The Kier molecular flexibility index (Phi) is 6.66. The number of hydrogen-bond acceptors (Lipinski definition) is 1. The highest BCUT2D eigenvalue weighted by atomic mass is 35.5. The first kappa shape index (κ1) is 23.2. The van der Waals surface area contributed by atoms with Gasteiger partial charge in [-0.05, 0) is 35.2 Å². The van der Waals surface area contributed by atoms with Crippen molar-refractivity contribution in [2.45, 2.75) is 31.1 Å². The molecular weight excluding hydrogens is 459 g/mol. The van der Waals surface area contributed by atoms with E-state index in [-0.39, 0.29) is 11.5 Å². The first-order valence-corrected chi connectivity index (χ1v) is 10.6. The molecule has 0 bridgehead atoms. The number of allylic oxidation sites excluding steroid dienone is 2. The van der Waals surface area contributed by atoms with Crippen LogP contribution in [-0.2, 0) is 6.42 Å². The SMILES string of the molecule is O=C(C1=CC(c2ccc(Cl)cc2)CC1c1ccccc1CC(F)F)c1c(F)cc(F)cc1F. The van der Waals surface area contributed by atoms with Gasteiger partial charge in [-0.3, -0.25) is 4.79 Å². The Morgan fingerprint density at radius 3 is 2.24 bits per heavy atom. The van der Waals surface area contributed by atoms with E-state index in [1.165, 1.54) is 0 Å². The topological polar surface area (TPSA) is 17.1 Å². The van der Waals surface area contributed by atoms with E-state index in [1.54, 1.807) is 54.6 Å². The van der Waals surface area contributed by atoms with Crippen LogP contribution >= 0.6 is 11.6 Å². The highest BCUT2D eigenvalue weighted by Crippen LogP contribution is 2.46. The van der Waals surface area contributed by atoms with E-state index in [0.29, 0.717) is 34.7 Å². The third-order valence-electron chi connectivity index (χ3n) is 5.84. The number of benzene rings is 3. The summed E-state index contributed by atoms with van der Waals surface area (Å²) in [5.41, 5.74) is 0.889. The van der Waals surface area contributed by atoms with Crippen LogP contribution in [0.4, 0.5) is 22.0 Å². The Labute approximate surface area is 192 Å². The summed E-state index contributed by atoms with van der Waals surface area (Å²) in [7, 11) is 0. The van der Waals surface area contributed by atoms with Crippen molar-refractivity contribution in [1.29, 1.82) is 0 Å². The summed E-state index contributed by atoms with van der Waals surface area (Å²) in [6.07, 6.45) is -1.17. The molecule has 1 nitrogen and oxygen atoms in total. The number of carbonyl (C=O) groups excluding carboxylic acids is 1. The molecule has 1 aliphatic rings. The van der Waals surface area contributed by atoms with Crippen LogP contribution in [-0.4, -0.2) is 12.2 Å². The van der Waals surface area contributed by atoms with Crippen LogP contribution in [0.25, 0.3) is 0 Å². The van der Waals surface area contributed by atoms with Gasteiger partial charge in [-0.2, -0.15) is 0 Å². The van der Waals surface area contributed by atoms with E-state index in [0.717, 1.165) is 5.56 Å². The van der Waals surface area contributed by atoms with E-state index >= 15 is 0 Å². The summed E-state index contributed by atoms with van der Waals surface area (Å²) in [5.74, 6) is -5.67. The number of halogens is 6. The van der Waals surface area contributed by atoms with Crippen LogP contribution < -0.4 is 0 Å². The third-order valence-corrected chi connectivity index (χ3v) is 6.10. The van der Waals surface area contributed by atoms with Crippen LogP contribution in [0.2, 0.25) is 5.02 Å². The maximum atomic E-state index is 14.4. The second-order valence-corrected chi connectivity index (χ2v) is 8.37. The third kappa shape index (κ3) is 4.86. The van der Waals surface area contributed by atoms with Gasteiger partial charge >= 0.3 is 0 Å². The molecule has 170 valence electrons. The molecule has 4 rings (SSSR count). The van der Waals surface area contributed by atoms with Gasteiger partial charge in [-0.1, -0.05) is 54.1 Å². The number of Topliss-reactive ketones (excluding diaryl/α,β-unsaturated/α-hetero) is 1. The Hall–Kier alpha value is -2.99. The Bertz CT molecular complexity index is 1200. The van der Waals surface area contributed by atoms with Crippen LogP contribution in [0.3, 0.4) is 0 Å². The lowest BCUT2D eigenvalue weighted by Crippen LogP contribution is -2.15. The van der Waals surface area contributed by atoms with Gasteiger partial charge in [0.15, 0.2) is 5.78 Å². The van der Waals surface area contributed by atoms with Gasteiger partial charge in [0.05, 0.1) is 5.56 Å². The number of rotatable bonds is 6. The van der Waals surface area contributed by atoms with Crippen molar-refractivity contribution in [3.05, 3.63) is 117 Å². The Balaban J connectivity index is 1.82.